The molecule has 7 rings (SSSR count). The van der Waals surface area contributed by atoms with Crippen molar-refractivity contribution < 1.29 is 17.1 Å². The first-order valence-corrected chi connectivity index (χ1v) is 21.3. The third-order valence-electron chi connectivity index (χ3n) is 8.60. The minimum atomic E-state index is -0.143. The van der Waals surface area contributed by atoms with E-state index in [1.165, 1.54) is 0 Å². The molecule has 0 saturated heterocycles. The molecule has 0 unspecified atom stereocenters. The van der Waals surface area contributed by atoms with E-state index in [0.717, 1.165) is 0 Å². The molecule has 3 aromatic heterocycles. The Morgan fingerprint density at radius 2 is 0.763 bits per heavy atom. The Balaban J connectivity index is 0.00000149. The molecule has 2 aliphatic heterocycles. The van der Waals surface area contributed by atoms with E-state index >= 15 is 0 Å². The van der Waals surface area contributed by atoms with Gasteiger partial charge in [-0.25, -0.2) is 9.97 Å². The van der Waals surface area contributed by atoms with Crippen LogP contribution in [0.4, 0.5) is 0 Å². The third-order valence-corrected chi connectivity index (χ3v) is 11.5. The number of hydrogen-bond acceptors (Lipinski definition) is 6. The molecule has 311 valence electrons. The number of rotatable bonds is 4. The van der Waals surface area contributed by atoms with Crippen molar-refractivity contribution in [3.63, 3.8) is 0 Å². The van der Waals surface area contributed by atoms with Crippen LogP contribution < -0.4 is 9.97 Å². The zero-order chi connectivity index (χ0) is 42.7. The van der Waals surface area contributed by atoms with E-state index in [4.69, 9.17) is 133 Å². The number of fused-ring (bicyclic) bond motifs is 13. The van der Waals surface area contributed by atoms with Gasteiger partial charge in [-0.2, -0.15) is 0 Å². The molecule has 0 saturated carbocycles. The molecule has 1 aromatic carbocycles. The fourth-order valence-electron chi connectivity index (χ4n) is 6.17. The summed E-state index contributed by atoms with van der Waals surface area (Å²) in [4.78, 5) is 39.3. The largest absolute Gasteiger partial charge is 2.00 e. The van der Waals surface area contributed by atoms with Crippen molar-refractivity contribution in [1.82, 2.24) is 39.9 Å². The van der Waals surface area contributed by atoms with Crippen molar-refractivity contribution in [2.45, 2.75) is 62.3 Å². The summed E-state index contributed by atoms with van der Waals surface area (Å²) in [6.45, 7) is 17.1. The maximum Gasteiger partial charge on any atom is 2.00 e. The zero-order valence-electron chi connectivity index (χ0n) is 33.1. The van der Waals surface area contributed by atoms with Crippen LogP contribution in [0.5, 0.6) is 0 Å². The molecular formula is C42H36Cl8CuN8. The molecule has 3 aliphatic rings. The number of benzene rings is 1. The summed E-state index contributed by atoms with van der Waals surface area (Å²) in [7, 11) is 0. The van der Waals surface area contributed by atoms with Gasteiger partial charge < -0.3 is 29.9 Å². The Morgan fingerprint density at radius 3 is 1.05 bits per heavy atom. The van der Waals surface area contributed by atoms with Crippen LogP contribution in [0.15, 0.2) is 58.7 Å². The van der Waals surface area contributed by atoms with Crippen molar-refractivity contribution in [2.75, 3.05) is 0 Å². The predicted octanol–water partition coefficient (Wildman–Crippen LogP) is 15.0. The van der Waals surface area contributed by atoms with Crippen LogP contribution in [0.2, 0.25) is 10.0 Å². The number of aromatic nitrogens is 8. The average Bonchev–Trinajstić information content (AvgIpc) is 3.95. The molecule has 59 heavy (non-hydrogen) atoms. The zero-order valence-corrected chi connectivity index (χ0v) is 40.1. The van der Waals surface area contributed by atoms with Crippen molar-refractivity contribution >= 4 is 147 Å². The molecule has 1 radical (unpaired) electrons. The minimum Gasteiger partial charge on any atom is -0.357 e. The van der Waals surface area contributed by atoms with E-state index in [0.29, 0.717) is 84.8 Å². The first kappa shape index (κ1) is 48.7. The van der Waals surface area contributed by atoms with Gasteiger partial charge in [-0.1, -0.05) is 164 Å². The van der Waals surface area contributed by atoms with Crippen molar-refractivity contribution in [2.24, 2.45) is 5.92 Å². The van der Waals surface area contributed by atoms with Crippen LogP contribution in [0.1, 0.15) is 96.2 Å². The Hall–Kier alpha value is -2.92. The number of hydrogen-bond donors (Lipinski definition) is 0. The first-order valence-electron chi connectivity index (χ1n) is 18.3. The van der Waals surface area contributed by atoms with Crippen LogP contribution >= 0.6 is 92.8 Å². The second-order valence-corrected chi connectivity index (χ2v) is 15.2. The van der Waals surface area contributed by atoms with Gasteiger partial charge in [0, 0.05) is 97.3 Å². The smallest absolute Gasteiger partial charge is 0.357 e. The Labute approximate surface area is 394 Å². The van der Waals surface area contributed by atoms with Gasteiger partial charge in [-0.05, 0) is 45.7 Å². The summed E-state index contributed by atoms with van der Waals surface area (Å²) in [5, 5.41) is 2.53. The number of halogens is 8. The van der Waals surface area contributed by atoms with Crippen molar-refractivity contribution in [3.8, 4) is 22.8 Å². The van der Waals surface area contributed by atoms with Crippen molar-refractivity contribution in [3.05, 3.63) is 103 Å². The molecule has 0 amide bonds. The molecule has 0 fully saturated rings. The monoisotopic (exact) mass is 995 g/mol. The topological polar surface area (TPSA) is 106 Å². The Morgan fingerprint density at radius 1 is 0.492 bits per heavy atom. The van der Waals surface area contributed by atoms with Crippen LogP contribution in [0, 0.1) is 5.92 Å². The fraction of sp³-hybridized carbons (Fsp3) is 0.238. The molecule has 8 bridgehead atoms. The molecule has 17 heteroatoms. The van der Waals surface area contributed by atoms with Crippen LogP contribution in [-0.2, 0) is 17.1 Å². The molecule has 1 aliphatic carbocycles. The van der Waals surface area contributed by atoms with Crippen molar-refractivity contribution in [1.29, 1.82) is 0 Å². The van der Waals surface area contributed by atoms with Gasteiger partial charge in [-0.3, -0.25) is 0 Å². The maximum atomic E-state index is 7.02. The van der Waals surface area contributed by atoms with Gasteiger partial charge in [0.15, 0.2) is 0 Å². The Bertz CT molecular complexity index is 2540. The fourth-order valence-corrected chi connectivity index (χ4v) is 8.12. The second kappa shape index (κ2) is 20.8. The Kier molecular flexibility index (Phi) is 17.2. The van der Waals surface area contributed by atoms with Gasteiger partial charge in [-0.15, -0.1) is 0 Å². The molecule has 0 N–H and O–H groups in total. The second-order valence-electron chi connectivity index (χ2n) is 11.9. The quantitative estimate of drug-likeness (QED) is 0.164. The summed E-state index contributed by atoms with van der Waals surface area (Å²) in [5.41, 5.74) is 3.81. The van der Waals surface area contributed by atoms with E-state index < -0.39 is 0 Å². The molecule has 0 spiro atoms. The predicted molar refractivity (Wildman–Crippen MR) is 249 cm³/mol. The number of allylic oxidation sites excluding steroid dienone is 10. The minimum absolute atomic E-state index is 0. The molecule has 0 atom stereocenters. The molecule has 4 aromatic rings. The summed E-state index contributed by atoms with van der Waals surface area (Å²) in [6, 6.07) is 3.29. The average molecular weight is 1000 g/mol. The summed E-state index contributed by atoms with van der Waals surface area (Å²) >= 11 is 55.3. The molecular weight excluding hydrogens is 964 g/mol. The van der Waals surface area contributed by atoms with Gasteiger partial charge >= 0.3 is 17.1 Å². The summed E-state index contributed by atoms with van der Waals surface area (Å²) in [6.07, 6.45) is 10.5. The normalized spacial score (nSPS) is 15.4. The van der Waals surface area contributed by atoms with Crippen LogP contribution in [0.3, 0.4) is 0 Å². The van der Waals surface area contributed by atoms with Gasteiger partial charge in [0.1, 0.15) is 0 Å². The van der Waals surface area contributed by atoms with E-state index in [2.05, 4.69) is 0 Å². The molecule has 8 nitrogen and oxygen atoms in total. The summed E-state index contributed by atoms with van der Waals surface area (Å²) in [5.74, 6) is 0.471. The maximum absolute atomic E-state index is 7.02. The third kappa shape index (κ3) is 9.17. The van der Waals surface area contributed by atoms with E-state index in [1.54, 1.807) is 64.1 Å². The van der Waals surface area contributed by atoms with E-state index in [-0.39, 0.29) is 68.9 Å². The number of nitrogens with zero attached hydrogens (tertiary/aromatic N) is 8. The SMILES string of the molecule is C/C=C(/Cl)c1c(/C(Cl)=C\C)c2nc3nc(nc4[n-]c(nc5nc(nc1[n-]2)C1=C5C(Cl)=CC(C)C=C1Cl)c(/C(Cl)=C\C)c4/C(Cl)=C\C)-c1c(Cl)ccc(Cl)c1-3.CC.CC.[Cu+2]. The van der Waals surface area contributed by atoms with Crippen LogP contribution in [0.25, 0.3) is 76.6 Å². The summed E-state index contributed by atoms with van der Waals surface area (Å²) < 4.78 is 0. The first-order chi connectivity index (χ1) is 27.8. The van der Waals surface area contributed by atoms with E-state index in [9.17, 15) is 0 Å². The van der Waals surface area contributed by atoms with Gasteiger partial charge in [0.05, 0.1) is 33.3 Å². The van der Waals surface area contributed by atoms with Gasteiger partial charge in [0.2, 0.25) is 0 Å². The van der Waals surface area contributed by atoms with E-state index in [1.807, 2.05) is 46.8 Å². The standard InChI is InChI=1S/C38H24Cl8N8.2C2H6.Cu/c1-6-15(39)23-25(17(41)8-3)33-47-31(23)49-35-27-19(43)10-11-20(44)28(27)36(53-35)50-32-24(16(40)7-2)26(18(42)9-4)34(48-32)52-38-30-22(46)13-14(5)12-21(45)29(30)37(51-33)54-38;2*1-2;/h6-14H,1-5H3;2*1-2H3;/q-2;;;+2/b15-6+,16-7+,17-8+,18-9+;;;. The van der Waals surface area contributed by atoms with Gasteiger partial charge in [0.25, 0.3) is 0 Å². The molecule has 5 heterocycles. The van der Waals surface area contributed by atoms with Crippen LogP contribution in [-0.4, -0.2) is 29.9 Å².